The standard InChI is InChI=1S/C10H19F3N2OS/c1-2-4-15(7-9(14)17)5-3-6-16-8-10(11,12)13/h2-8H2,1H3,(H2,14,17). The number of thiocarbonyl (C=S) groups is 1. The van der Waals surface area contributed by atoms with Crippen molar-refractivity contribution in [3.8, 4) is 0 Å². The monoisotopic (exact) mass is 272 g/mol. The minimum Gasteiger partial charge on any atom is -0.392 e. The average molecular weight is 272 g/mol. The fourth-order valence-electron chi connectivity index (χ4n) is 1.38. The first-order valence-corrected chi connectivity index (χ1v) is 5.91. The van der Waals surface area contributed by atoms with Crippen LogP contribution in [0, 0.1) is 0 Å². The number of alkyl halides is 3. The molecule has 102 valence electrons. The summed E-state index contributed by atoms with van der Waals surface area (Å²) in [6, 6.07) is 0. The van der Waals surface area contributed by atoms with Gasteiger partial charge in [0.2, 0.25) is 0 Å². The van der Waals surface area contributed by atoms with Crippen molar-refractivity contribution in [3.63, 3.8) is 0 Å². The molecule has 0 saturated heterocycles. The third kappa shape index (κ3) is 11.9. The van der Waals surface area contributed by atoms with Crippen LogP contribution in [0.2, 0.25) is 0 Å². The minimum absolute atomic E-state index is 0.0943. The van der Waals surface area contributed by atoms with E-state index in [0.717, 1.165) is 13.0 Å². The van der Waals surface area contributed by atoms with Crippen molar-refractivity contribution in [2.24, 2.45) is 5.73 Å². The highest BCUT2D eigenvalue weighted by Gasteiger charge is 2.27. The molecule has 0 amide bonds. The molecule has 0 aromatic carbocycles. The van der Waals surface area contributed by atoms with Gasteiger partial charge in [-0.25, -0.2) is 0 Å². The number of nitrogens with two attached hydrogens (primary N) is 1. The van der Waals surface area contributed by atoms with Crippen LogP contribution in [0.3, 0.4) is 0 Å². The summed E-state index contributed by atoms with van der Waals surface area (Å²) in [5.74, 6) is 0. The Bertz CT molecular complexity index is 224. The Morgan fingerprint density at radius 1 is 1.35 bits per heavy atom. The van der Waals surface area contributed by atoms with Crippen LogP contribution in [-0.2, 0) is 4.74 Å². The Balaban J connectivity index is 3.64. The average Bonchev–Trinajstić information content (AvgIpc) is 2.14. The molecule has 0 radical (unpaired) electrons. The van der Waals surface area contributed by atoms with Crippen LogP contribution in [0.15, 0.2) is 0 Å². The summed E-state index contributed by atoms with van der Waals surface area (Å²) < 4.78 is 39.8. The summed E-state index contributed by atoms with van der Waals surface area (Å²) in [7, 11) is 0. The van der Waals surface area contributed by atoms with E-state index in [0.29, 0.717) is 24.5 Å². The molecule has 0 saturated carbocycles. The van der Waals surface area contributed by atoms with Gasteiger partial charge in [0.1, 0.15) is 6.61 Å². The maximum absolute atomic E-state index is 11.8. The number of hydrogen-bond donors (Lipinski definition) is 1. The van der Waals surface area contributed by atoms with Gasteiger partial charge in [0.15, 0.2) is 0 Å². The predicted octanol–water partition coefficient (Wildman–Crippen LogP) is 1.95. The van der Waals surface area contributed by atoms with Gasteiger partial charge in [-0.15, -0.1) is 0 Å². The summed E-state index contributed by atoms with van der Waals surface area (Å²) in [6.45, 7) is 2.90. The van der Waals surface area contributed by atoms with E-state index in [1.165, 1.54) is 0 Å². The van der Waals surface area contributed by atoms with Crippen molar-refractivity contribution >= 4 is 17.2 Å². The normalized spacial score (nSPS) is 12.1. The molecular formula is C10H19F3N2OS. The lowest BCUT2D eigenvalue weighted by Crippen LogP contribution is -2.34. The minimum atomic E-state index is -4.25. The second-order valence-electron chi connectivity index (χ2n) is 3.76. The first-order valence-electron chi connectivity index (χ1n) is 5.50. The van der Waals surface area contributed by atoms with Crippen molar-refractivity contribution in [2.45, 2.75) is 25.9 Å². The lowest BCUT2D eigenvalue weighted by atomic mass is 10.3. The zero-order chi connectivity index (χ0) is 13.3. The van der Waals surface area contributed by atoms with E-state index in [9.17, 15) is 13.2 Å². The molecule has 0 rings (SSSR count). The number of hydrogen-bond acceptors (Lipinski definition) is 3. The predicted molar refractivity (Wildman–Crippen MR) is 65.0 cm³/mol. The highest BCUT2D eigenvalue weighted by molar-refractivity contribution is 7.80. The maximum atomic E-state index is 11.8. The molecule has 0 aliphatic heterocycles. The van der Waals surface area contributed by atoms with E-state index in [1.807, 2.05) is 11.8 Å². The van der Waals surface area contributed by atoms with Crippen LogP contribution in [0.25, 0.3) is 0 Å². The quantitative estimate of drug-likeness (QED) is 0.514. The van der Waals surface area contributed by atoms with Gasteiger partial charge >= 0.3 is 6.18 Å². The van der Waals surface area contributed by atoms with E-state index >= 15 is 0 Å². The number of ether oxygens (including phenoxy) is 1. The fourth-order valence-corrected chi connectivity index (χ4v) is 1.57. The fraction of sp³-hybridized carbons (Fsp3) is 0.900. The second-order valence-corrected chi connectivity index (χ2v) is 4.29. The second kappa shape index (κ2) is 8.66. The van der Waals surface area contributed by atoms with E-state index < -0.39 is 12.8 Å². The molecule has 0 bridgehead atoms. The van der Waals surface area contributed by atoms with Crippen LogP contribution >= 0.6 is 12.2 Å². The largest absolute Gasteiger partial charge is 0.411 e. The van der Waals surface area contributed by atoms with Crippen molar-refractivity contribution in [1.29, 1.82) is 0 Å². The van der Waals surface area contributed by atoms with Crippen LogP contribution in [0.5, 0.6) is 0 Å². The molecule has 0 fully saturated rings. The van der Waals surface area contributed by atoms with Gasteiger partial charge < -0.3 is 10.5 Å². The van der Waals surface area contributed by atoms with Crippen molar-refractivity contribution in [1.82, 2.24) is 4.90 Å². The molecule has 2 N–H and O–H groups in total. The lowest BCUT2D eigenvalue weighted by Gasteiger charge is -2.20. The molecule has 0 aliphatic carbocycles. The summed E-state index contributed by atoms with van der Waals surface area (Å²) in [6.07, 6.45) is -2.76. The zero-order valence-corrected chi connectivity index (χ0v) is 10.7. The first kappa shape index (κ1) is 16.6. The van der Waals surface area contributed by atoms with Crippen LogP contribution < -0.4 is 5.73 Å². The highest BCUT2D eigenvalue weighted by Crippen LogP contribution is 2.14. The van der Waals surface area contributed by atoms with Gasteiger partial charge in [-0.2, -0.15) is 13.2 Å². The molecule has 17 heavy (non-hydrogen) atoms. The van der Waals surface area contributed by atoms with E-state index in [-0.39, 0.29) is 6.61 Å². The number of halogens is 3. The third-order valence-corrected chi connectivity index (χ3v) is 2.08. The number of rotatable bonds is 9. The van der Waals surface area contributed by atoms with Crippen LogP contribution in [-0.4, -0.2) is 48.9 Å². The van der Waals surface area contributed by atoms with Gasteiger partial charge in [0.25, 0.3) is 0 Å². The lowest BCUT2D eigenvalue weighted by molar-refractivity contribution is -0.174. The van der Waals surface area contributed by atoms with E-state index in [1.54, 1.807) is 0 Å². The SMILES string of the molecule is CCCN(CCCOCC(F)(F)F)CC(N)=S. The molecular weight excluding hydrogens is 253 g/mol. The number of nitrogens with zero attached hydrogens (tertiary/aromatic N) is 1. The summed E-state index contributed by atoms with van der Waals surface area (Å²) >= 11 is 4.79. The topological polar surface area (TPSA) is 38.5 Å². The van der Waals surface area contributed by atoms with Gasteiger partial charge in [-0.3, -0.25) is 4.90 Å². The Morgan fingerprint density at radius 2 is 2.00 bits per heavy atom. The molecule has 7 heteroatoms. The van der Waals surface area contributed by atoms with Crippen LogP contribution in [0.1, 0.15) is 19.8 Å². The molecule has 3 nitrogen and oxygen atoms in total. The van der Waals surface area contributed by atoms with Gasteiger partial charge in [0.05, 0.1) is 4.99 Å². The Kier molecular flexibility index (Phi) is 8.45. The zero-order valence-electron chi connectivity index (χ0n) is 9.92. The molecule has 0 spiro atoms. The summed E-state index contributed by atoms with van der Waals surface area (Å²) in [5, 5.41) is 0. The summed E-state index contributed by atoms with van der Waals surface area (Å²) in [5.41, 5.74) is 5.42. The van der Waals surface area contributed by atoms with Crippen molar-refractivity contribution in [3.05, 3.63) is 0 Å². The molecule has 0 atom stereocenters. The Labute approximate surface area is 105 Å². The van der Waals surface area contributed by atoms with E-state index in [2.05, 4.69) is 4.74 Å². The van der Waals surface area contributed by atoms with Gasteiger partial charge in [-0.05, 0) is 19.4 Å². The smallest absolute Gasteiger partial charge is 0.392 e. The van der Waals surface area contributed by atoms with Gasteiger partial charge in [-0.1, -0.05) is 19.1 Å². The van der Waals surface area contributed by atoms with E-state index in [4.69, 9.17) is 18.0 Å². The summed E-state index contributed by atoms with van der Waals surface area (Å²) in [4.78, 5) is 2.41. The van der Waals surface area contributed by atoms with Crippen molar-refractivity contribution in [2.75, 3.05) is 32.8 Å². The van der Waals surface area contributed by atoms with Gasteiger partial charge in [0, 0.05) is 19.7 Å². The maximum Gasteiger partial charge on any atom is 0.411 e. The Hall–Kier alpha value is -0.400. The highest BCUT2D eigenvalue weighted by atomic mass is 32.1. The van der Waals surface area contributed by atoms with Crippen molar-refractivity contribution < 1.29 is 17.9 Å². The van der Waals surface area contributed by atoms with Crippen LogP contribution in [0.4, 0.5) is 13.2 Å². The molecule has 0 aromatic heterocycles. The molecule has 0 heterocycles. The molecule has 0 unspecified atom stereocenters. The molecule has 0 aliphatic rings. The Morgan fingerprint density at radius 3 is 2.47 bits per heavy atom. The third-order valence-electron chi connectivity index (χ3n) is 1.95. The first-order chi connectivity index (χ1) is 7.85. The molecule has 0 aromatic rings.